The molecule has 0 unspecified atom stereocenters. The van der Waals surface area contributed by atoms with Crippen molar-refractivity contribution in [2.45, 2.75) is 33.2 Å². The van der Waals surface area contributed by atoms with Crippen LogP contribution in [0.5, 0.6) is 0 Å². The number of furan rings is 1. The van der Waals surface area contributed by atoms with E-state index in [1.165, 1.54) is 0 Å². The highest BCUT2D eigenvalue weighted by Crippen LogP contribution is 2.20. The van der Waals surface area contributed by atoms with Gasteiger partial charge in [-0.15, -0.1) is 0 Å². The van der Waals surface area contributed by atoms with Gasteiger partial charge in [0.1, 0.15) is 11.5 Å². The van der Waals surface area contributed by atoms with E-state index < -0.39 is 0 Å². The van der Waals surface area contributed by atoms with Crippen molar-refractivity contribution in [3.05, 3.63) is 23.7 Å². The van der Waals surface area contributed by atoms with Gasteiger partial charge in [-0.25, -0.2) is 0 Å². The van der Waals surface area contributed by atoms with Gasteiger partial charge in [-0.2, -0.15) is 0 Å². The molecule has 2 heterocycles. The Morgan fingerprint density at radius 3 is 2.50 bits per heavy atom. The summed E-state index contributed by atoms with van der Waals surface area (Å²) >= 11 is 0. The van der Waals surface area contributed by atoms with Crippen LogP contribution in [0.15, 0.2) is 16.5 Å². The topological polar surface area (TPSA) is 53.8 Å². The predicted octanol–water partition coefficient (Wildman–Crippen LogP) is 1.80. The van der Waals surface area contributed by atoms with Gasteiger partial charge < -0.3 is 14.2 Å². The molecule has 1 fully saturated rings. The molecule has 1 aliphatic rings. The number of hydrogen-bond donors (Lipinski definition) is 0. The molecular formula is C15H22N2O3. The van der Waals surface area contributed by atoms with E-state index in [0.717, 1.165) is 24.4 Å². The molecular weight excluding hydrogens is 256 g/mol. The van der Waals surface area contributed by atoms with Crippen LogP contribution in [0.25, 0.3) is 0 Å². The number of carbonyl (C=O) groups is 2. The summed E-state index contributed by atoms with van der Waals surface area (Å²) in [5.41, 5.74) is 0. The summed E-state index contributed by atoms with van der Waals surface area (Å²) in [7, 11) is 1.80. The van der Waals surface area contributed by atoms with Gasteiger partial charge in [0, 0.05) is 33.0 Å². The summed E-state index contributed by atoms with van der Waals surface area (Å²) in [6.07, 6.45) is 1.50. The number of aryl methyl sites for hydroxylation is 1. The lowest BCUT2D eigenvalue weighted by molar-refractivity contribution is -0.139. The van der Waals surface area contributed by atoms with E-state index in [0.29, 0.717) is 19.6 Å². The van der Waals surface area contributed by atoms with Crippen molar-refractivity contribution in [1.29, 1.82) is 0 Å². The Morgan fingerprint density at radius 1 is 1.35 bits per heavy atom. The molecule has 20 heavy (non-hydrogen) atoms. The summed E-state index contributed by atoms with van der Waals surface area (Å²) < 4.78 is 5.49. The second-order valence-corrected chi connectivity index (χ2v) is 5.49. The van der Waals surface area contributed by atoms with E-state index in [4.69, 9.17) is 4.42 Å². The minimum absolute atomic E-state index is 0.0201. The summed E-state index contributed by atoms with van der Waals surface area (Å²) in [5, 5.41) is 0. The highest BCUT2D eigenvalue weighted by Gasteiger charge is 2.28. The molecule has 1 aromatic heterocycles. The van der Waals surface area contributed by atoms with Gasteiger partial charge in [0.05, 0.1) is 6.54 Å². The molecule has 0 atom stereocenters. The number of carbonyl (C=O) groups excluding carboxylic acids is 2. The van der Waals surface area contributed by atoms with Crippen molar-refractivity contribution in [1.82, 2.24) is 9.80 Å². The van der Waals surface area contributed by atoms with Crippen LogP contribution in [-0.4, -0.2) is 41.8 Å². The number of amides is 2. The van der Waals surface area contributed by atoms with Gasteiger partial charge in [0.2, 0.25) is 11.8 Å². The monoisotopic (exact) mass is 278 g/mol. The van der Waals surface area contributed by atoms with Crippen molar-refractivity contribution in [3.63, 3.8) is 0 Å². The highest BCUT2D eigenvalue weighted by molar-refractivity contribution is 5.79. The van der Waals surface area contributed by atoms with E-state index in [1.54, 1.807) is 23.8 Å². The van der Waals surface area contributed by atoms with Gasteiger partial charge in [-0.3, -0.25) is 9.59 Å². The molecule has 0 aliphatic carbocycles. The maximum absolute atomic E-state index is 12.4. The average Bonchev–Trinajstić information content (AvgIpc) is 2.83. The van der Waals surface area contributed by atoms with E-state index in [2.05, 4.69) is 0 Å². The first kappa shape index (κ1) is 14.6. The first-order valence-electron chi connectivity index (χ1n) is 7.03. The SMILES string of the molecule is CC(=O)N1CCC(C(=O)N(C)Cc2ccc(C)o2)CC1. The van der Waals surface area contributed by atoms with Gasteiger partial charge in [0.25, 0.3) is 0 Å². The van der Waals surface area contributed by atoms with E-state index in [9.17, 15) is 9.59 Å². The molecule has 5 heteroatoms. The van der Waals surface area contributed by atoms with Crippen LogP contribution in [-0.2, 0) is 16.1 Å². The van der Waals surface area contributed by atoms with Crippen LogP contribution < -0.4 is 0 Å². The lowest BCUT2D eigenvalue weighted by Gasteiger charge is -2.32. The largest absolute Gasteiger partial charge is 0.464 e. The third kappa shape index (κ3) is 3.40. The quantitative estimate of drug-likeness (QED) is 0.847. The number of hydrogen-bond acceptors (Lipinski definition) is 3. The molecule has 0 N–H and O–H groups in total. The summed E-state index contributed by atoms with van der Waals surface area (Å²) in [5.74, 6) is 1.92. The highest BCUT2D eigenvalue weighted by atomic mass is 16.3. The number of likely N-dealkylation sites (tertiary alicyclic amines) is 1. The zero-order valence-electron chi connectivity index (χ0n) is 12.4. The Morgan fingerprint density at radius 2 is 2.00 bits per heavy atom. The fraction of sp³-hybridized carbons (Fsp3) is 0.600. The maximum Gasteiger partial charge on any atom is 0.225 e. The van der Waals surface area contributed by atoms with Gasteiger partial charge in [-0.1, -0.05) is 0 Å². The average molecular weight is 278 g/mol. The van der Waals surface area contributed by atoms with Crippen LogP contribution in [0.2, 0.25) is 0 Å². The van der Waals surface area contributed by atoms with Gasteiger partial charge >= 0.3 is 0 Å². The molecule has 0 bridgehead atoms. The molecule has 0 aromatic carbocycles. The maximum atomic E-state index is 12.4. The van der Waals surface area contributed by atoms with Crippen molar-refractivity contribution >= 4 is 11.8 Å². The molecule has 1 saturated heterocycles. The van der Waals surface area contributed by atoms with Gasteiger partial charge in [-0.05, 0) is 31.9 Å². The van der Waals surface area contributed by atoms with Gasteiger partial charge in [0.15, 0.2) is 0 Å². The summed E-state index contributed by atoms with van der Waals surface area (Å²) in [4.78, 5) is 27.2. The molecule has 2 amide bonds. The molecule has 2 rings (SSSR count). The van der Waals surface area contributed by atoms with Crippen molar-refractivity contribution < 1.29 is 14.0 Å². The summed E-state index contributed by atoms with van der Waals surface area (Å²) in [6, 6.07) is 3.80. The first-order valence-corrected chi connectivity index (χ1v) is 7.03. The first-order chi connectivity index (χ1) is 9.47. The van der Waals surface area contributed by atoms with Crippen LogP contribution in [0.1, 0.15) is 31.3 Å². The molecule has 110 valence electrons. The number of nitrogens with zero attached hydrogens (tertiary/aromatic N) is 2. The smallest absolute Gasteiger partial charge is 0.225 e. The lowest BCUT2D eigenvalue weighted by Crippen LogP contribution is -2.42. The Balaban J connectivity index is 1.86. The van der Waals surface area contributed by atoms with E-state index >= 15 is 0 Å². The van der Waals surface area contributed by atoms with E-state index in [-0.39, 0.29) is 17.7 Å². The molecule has 1 aliphatic heterocycles. The zero-order valence-corrected chi connectivity index (χ0v) is 12.4. The van der Waals surface area contributed by atoms with Crippen molar-refractivity contribution in [2.24, 2.45) is 5.92 Å². The van der Waals surface area contributed by atoms with Crippen LogP contribution in [0.4, 0.5) is 0 Å². The Hall–Kier alpha value is -1.78. The number of rotatable bonds is 3. The van der Waals surface area contributed by atoms with Crippen molar-refractivity contribution in [3.8, 4) is 0 Å². The normalized spacial score (nSPS) is 16.2. The molecule has 0 radical (unpaired) electrons. The van der Waals surface area contributed by atoms with Crippen LogP contribution >= 0.6 is 0 Å². The van der Waals surface area contributed by atoms with Crippen molar-refractivity contribution in [2.75, 3.05) is 20.1 Å². The summed E-state index contributed by atoms with van der Waals surface area (Å²) in [6.45, 7) is 5.33. The minimum atomic E-state index is 0.0201. The molecule has 0 spiro atoms. The minimum Gasteiger partial charge on any atom is -0.464 e. The number of piperidine rings is 1. The van der Waals surface area contributed by atoms with E-state index in [1.807, 2.05) is 19.1 Å². The molecule has 5 nitrogen and oxygen atoms in total. The predicted molar refractivity (Wildman–Crippen MR) is 74.9 cm³/mol. The fourth-order valence-corrected chi connectivity index (χ4v) is 2.63. The second-order valence-electron chi connectivity index (χ2n) is 5.49. The fourth-order valence-electron chi connectivity index (χ4n) is 2.63. The third-order valence-corrected chi connectivity index (χ3v) is 3.85. The van der Waals surface area contributed by atoms with Crippen LogP contribution in [0.3, 0.4) is 0 Å². The third-order valence-electron chi connectivity index (χ3n) is 3.85. The Labute approximate surface area is 119 Å². The molecule has 1 aromatic rings. The second kappa shape index (κ2) is 6.11. The van der Waals surface area contributed by atoms with Crippen LogP contribution in [0, 0.1) is 12.8 Å². The lowest BCUT2D eigenvalue weighted by atomic mass is 9.95. The zero-order chi connectivity index (χ0) is 14.7. The standard InChI is InChI=1S/C15H22N2O3/c1-11-4-5-14(20-11)10-16(3)15(19)13-6-8-17(9-7-13)12(2)18/h4-5,13H,6-10H2,1-3H3. The Bertz CT molecular complexity index is 487. The Kier molecular flexibility index (Phi) is 4.47. The molecule has 0 saturated carbocycles.